The number of ether oxygens (including phenoxy) is 3. The maximum absolute atomic E-state index is 12.6. The highest BCUT2D eigenvalue weighted by Gasteiger charge is 2.30. The summed E-state index contributed by atoms with van der Waals surface area (Å²) in [5.41, 5.74) is -0.797. The van der Waals surface area contributed by atoms with Crippen molar-refractivity contribution in [1.82, 2.24) is 5.32 Å². The Balaban J connectivity index is 4.39. The average molecular weight is 704 g/mol. The van der Waals surface area contributed by atoms with Crippen molar-refractivity contribution in [3.05, 3.63) is 36.5 Å². The third-order valence-corrected chi connectivity index (χ3v) is 8.78. The number of allylic oxidation sites excluding steroid dienone is 6. The van der Waals surface area contributed by atoms with Crippen LogP contribution in [0.3, 0.4) is 0 Å². The Bertz CT molecular complexity index is 898. The fourth-order valence-electron chi connectivity index (χ4n) is 5.38. The SMILES string of the molecule is CCCC/C=C\CCCCCCCC(=O)OCC(C)(COC(=O)CCCCCCC/C=C\C/C=C\CCCCC)COC(=O)CCCCNC. The van der Waals surface area contributed by atoms with E-state index in [2.05, 4.69) is 55.6 Å². The van der Waals surface area contributed by atoms with Crippen LogP contribution >= 0.6 is 0 Å². The van der Waals surface area contributed by atoms with E-state index in [-0.39, 0.29) is 37.7 Å². The first-order chi connectivity index (χ1) is 24.4. The molecule has 0 heterocycles. The molecule has 0 bridgehead atoms. The van der Waals surface area contributed by atoms with Gasteiger partial charge in [0.2, 0.25) is 0 Å². The Morgan fingerprint density at radius 1 is 0.480 bits per heavy atom. The van der Waals surface area contributed by atoms with E-state index in [1.54, 1.807) is 0 Å². The fourth-order valence-corrected chi connectivity index (χ4v) is 5.38. The Morgan fingerprint density at radius 2 is 0.840 bits per heavy atom. The summed E-state index contributed by atoms with van der Waals surface area (Å²) in [6, 6.07) is 0. The molecular formula is C43H77NO6. The monoisotopic (exact) mass is 704 g/mol. The molecule has 0 aliphatic carbocycles. The Morgan fingerprint density at radius 3 is 1.28 bits per heavy atom. The van der Waals surface area contributed by atoms with Gasteiger partial charge < -0.3 is 19.5 Å². The standard InChI is InChI=1S/C43H77NO6/c1-5-7-9-11-13-15-17-18-19-20-22-24-26-28-30-34-41(46)49-38-43(3,39-50-42(47)35-31-32-36-44-4)37-48-40(45)33-29-27-25-23-21-16-14-12-10-8-6-2/h12-15,18-19,44H,5-11,16-17,20-39H2,1-4H3/b14-12-,15-13-,19-18-. The van der Waals surface area contributed by atoms with Crippen LogP contribution < -0.4 is 5.32 Å². The number of unbranched alkanes of at least 4 members (excludes halogenated alkanes) is 16. The molecule has 0 saturated carbocycles. The van der Waals surface area contributed by atoms with Crippen LogP contribution in [0, 0.1) is 5.41 Å². The largest absolute Gasteiger partial charge is 0.465 e. The summed E-state index contributed by atoms with van der Waals surface area (Å²) in [6.07, 6.45) is 38.9. The highest BCUT2D eigenvalue weighted by atomic mass is 16.6. The summed E-state index contributed by atoms with van der Waals surface area (Å²) in [6.45, 7) is 7.26. The number of esters is 3. The van der Waals surface area contributed by atoms with Gasteiger partial charge in [-0.15, -0.1) is 0 Å². The van der Waals surface area contributed by atoms with Crippen LogP contribution in [0.25, 0.3) is 0 Å². The Kier molecular flexibility index (Phi) is 34.6. The highest BCUT2D eigenvalue weighted by Crippen LogP contribution is 2.21. The predicted octanol–water partition coefficient (Wildman–Crippen LogP) is 11.3. The summed E-state index contributed by atoms with van der Waals surface area (Å²) in [5.74, 6) is -0.806. The molecule has 1 atom stereocenters. The Labute approximate surface area is 307 Å². The summed E-state index contributed by atoms with van der Waals surface area (Å²) in [4.78, 5) is 37.5. The van der Waals surface area contributed by atoms with Crippen LogP contribution in [-0.2, 0) is 28.6 Å². The van der Waals surface area contributed by atoms with Crippen LogP contribution in [0.15, 0.2) is 36.5 Å². The minimum absolute atomic E-state index is 0.0367. The van der Waals surface area contributed by atoms with Gasteiger partial charge in [0.25, 0.3) is 0 Å². The molecule has 7 nitrogen and oxygen atoms in total. The summed E-state index contributed by atoms with van der Waals surface area (Å²) < 4.78 is 16.8. The van der Waals surface area contributed by atoms with E-state index in [4.69, 9.17) is 14.2 Å². The van der Waals surface area contributed by atoms with Gasteiger partial charge >= 0.3 is 17.9 Å². The van der Waals surface area contributed by atoms with E-state index < -0.39 is 5.41 Å². The van der Waals surface area contributed by atoms with Crippen molar-refractivity contribution in [1.29, 1.82) is 0 Å². The van der Waals surface area contributed by atoms with Gasteiger partial charge in [-0.05, 0) is 97.6 Å². The normalized spacial score (nSPS) is 13.0. The number of carbonyl (C=O) groups is 3. The van der Waals surface area contributed by atoms with Crippen LogP contribution in [0.1, 0.15) is 181 Å². The van der Waals surface area contributed by atoms with Gasteiger partial charge in [-0.25, -0.2) is 0 Å². The van der Waals surface area contributed by atoms with Gasteiger partial charge in [0.1, 0.15) is 19.8 Å². The first kappa shape index (κ1) is 47.6. The summed E-state index contributed by atoms with van der Waals surface area (Å²) in [7, 11) is 1.89. The molecule has 0 aliphatic rings. The van der Waals surface area contributed by atoms with Gasteiger partial charge in [-0.2, -0.15) is 0 Å². The molecule has 0 saturated heterocycles. The van der Waals surface area contributed by atoms with E-state index in [9.17, 15) is 14.4 Å². The molecule has 0 spiro atoms. The lowest BCUT2D eigenvalue weighted by atomic mass is 9.94. The molecule has 1 unspecified atom stereocenters. The van der Waals surface area contributed by atoms with Crippen molar-refractivity contribution in [2.24, 2.45) is 5.41 Å². The molecule has 0 aromatic carbocycles. The molecule has 0 radical (unpaired) electrons. The van der Waals surface area contributed by atoms with E-state index >= 15 is 0 Å². The maximum atomic E-state index is 12.6. The molecule has 0 aromatic heterocycles. The number of nitrogens with one attached hydrogen (secondary N) is 1. The predicted molar refractivity (Wildman–Crippen MR) is 209 cm³/mol. The summed E-state index contributed by atoms with van der Waals surface area (Å²) >= 11 is 0. The maximum Gasteiger partial charge on any atom is 0.305 e. The highest BCUT2D eigenvalue weighted by molar-refractivity contribution is 5.70. The molecular weight excluding hydrogens is 626 g/mol. The molecule has 0 rings (SSSR count). The molecule has 1 N–H and O–H groups in total. The van der Waals surface area contributed by atoms with Crippen molar-refractivity contribution in [2.45, 2.75) is 181 Å². The Hall–Kier alpha value is -2.41. The zero-order chi connectivity index (χ0) is 36.8. The van der Waals surface area contributed by atoms with Crippen molar-refractivity contribution in [2.75, 3.05) is 33.4 Å². The minimum Gasteiger partial charge on any atom is -0.465 e. The van der Waals surface area contributed by atoms with Gasteiger partial charge in [-0.3, -0.25) is 14.4 Å². The van der Waals surface area contributed by atoms with Crippen LogP contribution in [-0.4, -0.2) is 51.3 Å². The van der Waals surface area contributed by atoms with Crippen LogP contribution in [0.5, 0.6) is 0 Å². The average Bonchev–Trinajstić information content (AvgIpc) is 3.11. The molecule has 0 aliphatic heterocycles. The number of hydrogen-bond donors (Lipinski definition) is 1. The molecule has 0 aromatic rings. The first-order valence-electron chi connectivity index (χ1n) is 20.4. The zero-order valence-corrected chi connectivity index (χ0v) is 32.9. The second-order valence-corrected chi connectivity index (χ2v) is 14.3. The molecule has 50 heavy (non-hydrogen) atoms. The molecule has 0 fully saturated rings. The lowest BCUT2D eigenvalue weighted by molar-refractivity contribution is -0.160. The topological polar surface area (TPSA) is 90.9 Å². The van der Waals surface area contributed by atoms with Gasteiger partial charge in [0.05, 0.1) is 5.41 Å². The number of rotatable bonds is 36. The third-order valence-electron chi connectivity index (χ3n) is 8.78. The van der Waals surface area contributed by atoms with Crippen molar-refractivity contribution >= 4 is 17.9 Å². The van der Waals surface area contributed by atoms with Crippen LogP contribution in [0.2, 0.25) is 0 Å². The van der Waals surface area contributed by atoms with E-state index in [0.29, 0.717) is 19.3 Å². The fraction of sp³-hybridized carbons (Fsp3) is 0.791. The second-order valence-electron chi connectivity index (χ2n) is 14.3. The first-order valence-corrected chi connectivity index (χ1v) is 20.4. The third kappa shape index (κ3) is 34.1. The van der Waals surface area contributed by atoms with Crippen molar-refractivity contribution < 1.29 is 28.6 Å². The van der Waals surface area contributed by atoms with Gasteiger partial charge in [0, 0.05) is 19.3 Å². The van der Waals surface area contributed by atoms with E-state index in [1.165, 1.54) is 64.2 Å². The lowest BCUT2D eigenvalue weighted by Gasteiger charge is -2.28. The van der Waals surface area contributed by atoms with E-state index in [0.717, 1.165) is 83.6 Å². The quantitative estimate of drug-likeness (QED) is 0.0300. The second kappa shape index (κ2) is 36.4. The van der Waals surface area contributed by atoms with Gasteiger partial charge in [0.15, 0.2) is 0 Å². The van der Waals surface area contributed by atoms with E-state index in [1.807, 2.05) is 14.0 Å². The molecule has 0 amide bonds. The lowest BCUT2D eigenvalue weighted by Crippen LogP contribution is -2.37. The van der Waals surface area contributed by atoms with Gasteiger partial charge in [-0.1, -0.05) is 115 Å². The molecule has 290 valence electrons. The van der Waals surface area contributed by atoms with Crippen molar-refractivity contribution in [3.8, 4) is 0 Å². The molecule has 7 heteroatoms. The van der Waals surface area contributed by atoms with Crippen LogP contribution in [0.4, 0.5) is 0 Å². The van der Waals surface area contributed by atoms with Crippen molar-refractivity contribution in [3.63, 3.8) is 0 Å². The minimum atomic E-state index is -0.797. The summed E-state index contributed by atoms with van der Waals surface area (Å²) in [5, 5.41) is 3.08. The smallest absolute Gasteiger partial charge is 0.305 e. The number of hydrogen-bond acceptors (Lipinski definition) is 7. The zero-order valence-electron chi connectivity index (χ0n) is 32.9. The number of carbonyl (C=O) groups excluding carboxylic acids is 3.